The molecule has 1 aromatic heterocycles. The molecule has 0 aliphatic carbocycles. The van der Waals surface area contributed by atoms with Gasteiger partial charge in [0.05, 0.1) is 12.1 Å². The molecular formula is C20H20F3N3O5. The lowest BCUT2D eigenvalue weighted by molar-refractivity contribution is -0.138. The molecule has 2 heterocycles. The molecule has 3 rings (SSSR count). The predicted molar refractivity (Wildman–Crippen MR) is 103 cm³/mol. The number of aromatic nitrogens is 1. The van der Waals surface area contributed by atoms with Gasteiger partial charge in [-0.2, -0.15) is 13.2 Å². The van der Waals surface area contributed by atoms with Crippen LogP contribution in [0.1, 0.15) is 32.7 Å². The van der Waals surface area contributed by atoms with Crippen molar-refractivity contribution in [2.75, 3.05) is 20.1 Å². The van der Waals surface area contributed by atoms with E-state index in [2.05, 4.69) is 5.32 Å². The lowest BCUT2D eigenvalue weighted by Crippen LogP contribution is -2.40. The average molecular weight is 439 g/mol. The first-order chi connectivity index (χ1) is 14.5. The molecule has 0 radical (unpaired) electrons. The summed E-state index contributed by atoms with van der Waals surface area (Å²) in [5.74, 6) is -2.88. The number of carboxylic acids is 1. The molecule has 0 atom stereocenters. The smallest absolute Gasteiger partial charge is 0.416 e. The lowest BCUT2D eigenvalue weighted by atomic mass is 10.00. The monoisotopic (exact) mass is 439 g/mol. The lowest BCUT2D eigenvalue weighted by Gasteiger charge is -2.29. The quantitative estimate of drug-likeness (QED) is 0.650. The van der Waals surface area contributed by atoms with E-state index in [4.69, 9.17) is 5.11 Å². The molecule has 1 aromatic carbocycles. The highest BCUT2D eigenvalue weighted by atomic mass is 19.4. The summed E-state index contributed by atoms with van der Waals surface area (Å²) < 4.78 is 39.7. The van der Waals surface area contributed by atoms with Gasteiger partial charge in [0, 0.05) is 30.8 Å². The van der Waals surface area contributed by atoms with Crippen LogP contribution in [0.4, 0.5) is 13.2 Å². The van der Waals surface area contributed by atoms with Gasteiger partial charge in [-0.3, -0.25) is 14.4 Å². The molecule has 0 saturated carbocycles. The summed E-state index contributed by atoms with van der Waals surface area (Å²) in [4.78, 5) is 38.1. The molecule has 0 fully saturated rings. The standard InChI is InChI=1S/C20H20F3N3O5/c1-25-7-6-14-13(10-25)17(29)16(18(30)24-8-15(27)28)19(31)26(14)9-11-2-4-12(5-3-11)20(21,22)23/h2-5,29H,6-10H2,1H3,(H,24,30)(H,27,28). The number of carbonyl (C=O) groups is 2. The molecule has 3 N–H and O–H groups in total. The number of benzene rings is 1. The molecule has 31 heavy (non-hydrogen) atoms. The van der Waals surface area contributed by atoms with E-state index in [-0.39, 0.29) is 13.1 Å². The number of pyridine rings is 1. The number of carboxylic acid groups (broad SMARTS) is 1. The maximum atomic E-state index is 13.1. The van der Waals surface area contributed by atoms with Crippen LogP contribution in [0.15, 0.2) is 29.1 Å². The Morgan fingerprint density at radius 3 is 2.42 bits per heavy atom. The van der Waals surface area contributed by atoms with Crippen LogP contribution in [0.2, 0.25) is 0 Å². The van der Waals surface area contributed by atoms with Gasteiger partial charge in [-0.15, -0.1) is 0 Å². The zero-order valence-corrected chi connectivity index (χ0v) is 16.5. The summed E-state index contributed by atoms with van der Waals surface area (Å²) in [5, 5.41) is 21.4. The zero-order valence-electron chi connectivity index (χ0n) is 16.5. The normalized spacial score (nSPS) is 14.2. The number of carbonyl (C=O) groups excluding carboxylic acids is 1. The Hall–Kier alpha value is -3.34. The molecule has 1 aliphatic heterocycles. The van der Waals surface area contributed by atoms with Crippen molar-refractivity contribution in [1.82, 2.24) is 14.8 Å². The van der Waals surface area contributed by atoms with Gasteiger partial charge >= 0.3 is 12.1 Å². The zero-order chi connectivity index (χ0) is 22.9. The highest BCUT2D eigenvalue weighted by molar-refractivity contribution is 5.98. The van der Waals surface area contributed by atoms with Gasteiger partial charge in [0.1, 0.15) is 17.9 Å². The summed E-state index contributed by atoms with van der Waals surface area (Å²) in [6.45, 7) is -0.0345. The van der Waals surface area contributed by atoms with Crippen molar-refractivity contribution < 1.29 is 33.0 Å². The molecule has 8 nitrogen and oxygen atoms in total. The second-order valence-corrected chi connectivity index (χ2v) is 7.30. The van der Waals surface area contributed by atoms with Gasteiger partial charge < -0.3 is 25.0 Å². The van der Waals surface area contributed by atoms with Gasteiger partial charge in [-0.05, 0) is 24.7 Å². The molecule has 0 spiro atoms. The highest BCUT2D eigenvalue weighted by Crippen LogP contribution is 2.31. The van der Waals surface area contributed by atoms with E-state index in [1.165, 1.54) is 16.7 Å². The van der Waals surface area contributed by atoms with E-state index < -0.39 is 47.0 Å². The fraction of sp³-hybridized carbons (Fsp3) is 0.350. The number of aromatic hydroxyl groups is 1. The number of hydrogen-bond donors (Lipinski definition) is 3. The van der Waals surface area contributed by atoms with Crippen molar-refractivity contribution in [2.45, 2.75) is 25.7 Å². The van der Waals surface area contributed by atoms with E-state index in [9.17, 15) is 32.7 Å². The number of aliphatic carboxylic acids is 1. The molecule has 11 heteroatoms. The van der Waals surface area contributed by atoms with Gasteiger partial charge in [-0.1, -0.05) is 12.1 Å². The Kier molecular flexibility index (Phi) is 6.07. The number of rotatable bonds is 5. The SMILES string of the molecule is CN1CCc2c(c(O)c(C(=O)NCC(=O)O)c(=O)n2Cc2ccc(C(F)(F)F)cc2)C1. The molecule has 0 unspecified atom stereocenters. The van der Waals surface area contributed by atoms with Crippen molar-refractivity contribution >= 4 is 11.9 Å². The fourth-order valence-electron chi connectivity index (χ4n) is 3.50. The van der Waals surface area contributed by atoms with Gasteiger partial charge in [0.15, 0.2) is 0 Å². The largest absolute Gasteiger partial charge is 0.506 e. The van der Waals surface area contributed by atoms with Crippen LogP contribution < -0.4 is 10.9 Å². The Bertz CT molecular complexity index is 1080. The maximum absolute atomic E-state index is 13.1. The summed E-state index contributed by atoms with van der Waals surface area (Å²) >= 11 is 0. The minimum atomic E-state index is -4.49. The van der Waals surface area contributed by atoms with E-state index in [0.29, 0.717) is 29.8 Å². The topological polar surface area (TPSA) is 112 Å². The van der Waals surface area contributed by atoms with Gasteiger partial charge in [0.2, 0.25) is 0 Å². The van der Waals surface area contributed by atoms with Crippen molar-refractivity contribution in [3.8, 4) is 5.75 Å². The first-order valence-electron chi connectivity index (χ1n) is 9.31. The van der Waals surface area contributed by atoms with Crippen LogP contribution in [0.25, 0.3) is 0 Å². The second kappa shape index (κ2) is 8.42. The van der Waals surface area contributed by atoms with Gasteiger partial charge in [-0.25, -0.2) is 0 Å². The summed E-state index contributed by atoms with van der Waals surface area (Å²) in [7, 11) is 1.79. The third-order valence-electron chi connectivity index (χ3n) is 5.06. The number of fused-ring (bicyclic) bond motifs is 1. The van der Waals surface area contributed by atoms with E-state index >= 15 is 0 Å². The molecule has 0 saturated heterocycles. The maximum Gasteiger partial charge on any atom is 0.416 e. The number of halogens is 3. The number of alkyl halides is 3. The van der Waals surface area contributed by atoms with Crippen molar-refractivity contribution in [1.29, 1.82) is 0 Å². The molecule has 0 bridgehead atoms. The van der Waals surface area contributed by atoms with Crippen LogP contribution in [-0.2, 0) is 30.5 Å². The Balaban J connectivity index is 2.07. The van der Waals surface area contributed by atoms with Crippen LogP contribution in [0, 0.1) is 0 Å². The van der Waals surface area contributed by atoms with E-state index in [1.807, 2.05) is 4.90 Å². The van der Waals surface area contributed by atoms with Crippen molar-refractivity contribution in [3.63, 3.8) is 0 Å². The Labute approximate surface area is 174 Å². The van der Waals surface area contributed by atoms with Crippen LogP contribution in [-0.4, -0.2) is 51.7 Å². The number of likely N-dealkylation sites (N-methyl/N-ethyl adjacent to an activating group) is 1. The summed E-state index contributed by atoms with van der Waals surface area (Å²) in [5.41, 5.74) is -1.03. The second-order valence-electron chi connectivity index (χ2n) is 7.30. The van der Waals surface area contributed by atoms with Crippen LogP contribution in [0.5, 0.6) is 5.75 Å². The fourth-order valence-corrected chi connectivity index (χ4v) is 3.50. The van der Waals surface area contributed by atoms with Crippen molar-refractivity contribution in [2.24, 2.45) is 0 Å². The molecule has 1 amide bonds. The van der Waals surface area contributed by atoms with Crippen LogP contribution >= 0.6 is 0 Å². The number of nitrogens with zero attached hydrogens (tertiary/aromatic N) is 2. The highest BCUT2D eigenvalue weighted by Gasteiger charge is 2.31. The van der Waals surface area contributed by atoms with Gasteiger partial charge in [0.25, 0.3) is 11.5 Å². The first kappa shape index (κ1) is 22.3. The minimum Gasteiger partial charge on any atom is -0.506 e. The summed E-state index contributed by atoms with van der Waals surface area (Å²) in [6.07, 6.45) is -4.11. The molecule has 166 valence electrons. The molecule has 1 aliphatic rings. The third kappa shape index (κ3) is 4.71. The predicted octanol–water partition coefficient (Wildman–Crippen LogP) is 1.42. The number of nitrogens with one attached hydrogen (secondary N) is 1. The molecular weight excluding hydrogens is 419 g/mol. The average Bonchev–Trinajstić information content (AvgIpc) is 2.69. The van der Waals surface area contributed by atoms with E-state index in [0.717, 1.165) is 12.1 Å². The third-order valence-corrected chi connectivity index (χ3v) is 5.06. The summed E-state index contributed by atoms with van der Waals surface area (Å²) in [6, 6.07) is 4.30. The van der Waals surface area contributed by atoms with Crippen molar-refractivity contribution in [3.05, 3.63) is 62.6 Å². The first-order valence-corrected chi connectivity index (χ1v) is 9.31. The molecule has 2 aromatic rings. The Morgan fingerprint density at radius 1 is 1.19 bits per heavy atom. The number of hydrogen-bond acceptors (Lipinski definition) is 5. The number of amides is 1. The van der Waals surface area contributed by atoms with Crippen LogP contribution in [0.3, 0.4) is 0 Å². The van der Waals surface area contributed by atoms with E-state index in [1.54, 1.807) is 7.05 Å². The minimum absolute atomic E-state index is 0.109. The Morgan fingerprint density at radius 2 is 1.84 bits per heavy atom.